The van der Waals surface area contributed by atoms with E-state index in [0.29, 0.717) is 38.6 Å². The van der Waals surface area contributed by atoms with Crippen LogP contribution in [0.15, 0.2) is 182 Å². The van der Waals surface area contributed by atoms with Gasteiger partial charge in [0.15, 0.2) is 0 Å². The minimum absolute atomic E-state index is 0.0909. The average molecular weight is 972 g/mol. The van der Waals surface area contributed by atoms with Crippen LogP contribution in [0.5, 0.6) is 0 Å². The number of carbonyl (C=O) groups is 1. The number of allylic oxidation sites excluding steroid dienone is 8. The predicted octanol–water partition coefficient (Wildman–Crippen LogP) is 11.4. The van der Waals surface area contributed by atoms with Crippen molar-refractivity contribution in [1.82, 2.24) is 0 Å². The van der Waals surface area contributed by atoms with Crippen LogP contribution in [0.25, 0.3) is 36.8 Å². The molecule has 17 heteroatoms. The lowest BCUT2D eigenvalue weighted by molar-refractivity contribution is -0.136. The summed E-state index contributed by atoms with van der Waals surface area (Å²) in [7, 11) is -13.9. The van der Waals surface area contributed by atoms with E-state index in [9.17, 15) is 48.8 Å². The second-order valence-electron chi connectivity index (χ2n) is 14.4. The van der Waals surface area contributed by atoms with Gasteiger partial charge in [-0.2, -0.15) is 25.3 Å². The van der Waals surface area contributed by atoms with Crippen LogP contribution in [0, 0.1) is 0 Å². The normalized spacial score (nSPS) is 16.3. The van der Waals surface area contributed by atoms with Gasteiger partial charge in [0, 0.05) is 38.2 Å². The van der Waals surface area contributed by atoms with Crippen molar-refractivity contribution in [2.75, 3.05) is 5.75 Å². The minimum Gasteiger partial charge on any atom is -0.481 e. The van der Waals surface area contributed by atoms with Crippen molar-refractivity contribution in [2.45, 2.75) is 40.4 Å². The van der Waals surface area contributed by atoms with E-state index in [1.54, 1.807) is 48.5 Å². The van der Waals surface area contributed by atoms with Gasteiger partial charge in [-0.25, -0.2) is 0 Å². The fourth-order valence-corrected chi connectivity index (χ4v) is 13.0. The molecular formula is C47H39O11S6+. The van der Waals surface area contributed by atoms with E-state index in [-0.39, 0.29) is 38.0 Å². The third kappa shape index (κ3) is 11.5. The molecule has 0 amide bonds. The summed E-state index contributed by atoms with van der Waals surface area (Å²) >= 11 is 3.86. The maximum absolute atomic E-state index is 12.5. The summed E-state index contributed by atoms with van der Waals surface area (Å²) in [5.74, 6) is -0.669. The van der Waals surface area contributed by atoms with Crippen molar-refractivity contribution < 1.29 is 48.8 Å². The Morgan fingerprint density at radius 3 is 1.72 bits per heavy atom. The first-order valence-corrected chi connectivity index (χ1v) is 26.4. The fraction of sp³-hybridized carbons (Fsp3) is 0.106. The molecule has 11 nitrogen and oxygen atoms in total. The predicted molar refractivity (Wildman–Crippen MR) is 256 cm³/mol. The van der Waals surface area contributed by atoms with Gasteiger partial charge < -0.3 is 5.11 Å². The SMILES string of the molecule is O=C(O)CCSC1=C(/C=C/c2cc(-c3ccccc3S(=O)(=O)O)[s+]c(-c3ccccc3S(=O)(=O)O)c2)CCC/C1=C\C=C1\C=C(c2ccccc2)SC(c2ccccc2S(=O)(=O)O)=C1. The van der Waals surface area contributed by atoms with E-state index in [4.69, 9.17) is 0 Å². The third-order valence-electron chi connectivity index (χ3n) is 9.97. The molecule has 1 aliphatic carbocycles. The topological polar surface area (TPSA) is 200 Å². The van der Waals surface area contributed by atoms with Crippen molar-refractivity contribution in [1.29, 1.82) is 0 Å². The zero-order valence-corrected chi connectivity index (χ0v) is 38.5. The lowest BCUT2D eigenvalue weighted by Gasteiger charge is -2.21. The first-order valence-electron chi connectivity index (χ1n) is 19.5. The van der Waals surface area contributed by atoms with Crippen molar-refractivity contribution >= 4 is 87.1 Å². The zero-order chi connectivity index (χ0) is 45.6. The van der Waals surface area contributed by atoms with Crippen LogP contribution in [-0.2, 0) is 35.1 Å². The van der Waals surface area contributed by atoms with Crippen molar-refractivity contribution in [2.24, 2.45) is 0 Å². The highest BCUT2D eigenvalue weighted by Gasteiger charge is 2.28. The smallest absolute Gasteiger partial charge is 0.304 e. The maximum Gasteiger partial charge on any atom is 0.304 e. The Kier molecular flexibility index (Phi) is 14.5. The second kappa shape index (κ2) is 19.9. The summed E-state index contributed by atoms with van der Waals surface area (Å²) < 4.78 is 105. The van der Waals surface area contributed by atoms with Crippen LogP contribution in [0.2, 0.25) is 0 Å². The Hall–Kier alpha value is -5.21. The van der Waals surface area contributed by atoms with Gasteiger partial charge in [0.2, 0.25) is 21.1 Å². The van der Waals surface area contributed by atoms with Gasteiger partial charge in [-0.05, 0) is 89.6 Å². The Morgan fingerprint density at radius 2 is 1.16 bits per heavy atom. The molecular weight excluding hydrogens is 933 g/mol. The highest BCUT2D eigenvalue weighted by molar-refractivity contribution is 8.16. The quantitative estimate of drug-likeness (QED) is 0.0606. The Balaban J connectivity index is 1.35. The molecule has 0 atom stereocenters. The molecule has 2 heterocycles. The largest absolute Gasteiger partial charge is 0.481 e. The van der Waals surface area contributed by atoms with E-state index in [0.717, 1.165) is 49.9 Å². The molecule has 2 aliphatic rings. The summed E-state index contributed by atoms with van der Waals surface area (Å²) in [5.41, 5.74) is 4.75. The summed E-state index contributed by atoms with van der Waals surface area (Å²) in [6.45, 7) is 0. The molecule has 7 rings (SSSR count). The zero-order valence-electron chi connectivity index (χ0n) is 33.6. The van der Waals surface area contributed by atoms with Crippen LogP contribution in [-0.4, -0.2) is 55.7 Å². The summed E-state index contributed by atoms with van der Waals surface area (Å²) in [5, 5.41) is 9.55. The van der Waals surface area contributed by atoms with Crippen LogP contribution in [0.3, 0.4) is 0 Å². The summed E-state index contributed by atoms with van der Waals surface area (Å²) in [6.07, 6.45) is 13.4. The summed E-state index contributed by atoms with van der Waals surface area (Å²) in [4.78, 5) is 13.9. The molecule has 0 saturated carbocycles. The van der Waals surface area contributed by atoms with E-state index in [2.05, 4.69) is 0 Å². The van der Waals surface area contributed by atoms with Gasteiger partial charge in [-0.15, -0.1) is 11.8 Å². The molecule has 4 N–H and O–H groups in total. The molecule has 328 valence electrons. The lowest BCUT2D eigenvalue weighted by atomic mass is 9.93. The number of carboxylic acid groups (broad SMARTS) is 1. The number of hydrogen-bond donors (Lipinski definition) is 4. The molecule has 64 heavy (non-hydrogen) atoms. The van der Waals surface area contributed by atoms with Gasteiger partial charge in [0.25, 0.3) is 30.4 Å². The van der Waals surface area contributed by atoms with E-state index in [1.807, 2.05) is 60.7 Å². The first kappa shape index (κ1) is 46.8. The monoisotopic (exact) mass is 971 g/mol. The molecule has 4 aromatic carbocycles. The number of hydrogen-bond acceptors (Lipinski definition) is 9. The number of rotatable bonds is 14. The fourth-order valence-electron chi connectivity index (χ4n) is 7.10. The van der Waals surface area contributed by atoms with E-state index < -0.39 is 36.3 Å². The van der Waals surface area contributed by atoms with Crippen LogP contribution in [0.4, 0.5) is 0 Å². The molecule has 0 fully saturated rings. The van der Waals surface area contributed by atoms with Gasteiger partial charge in [0.1, 0.15) is 14.7 Å². The minimum atomic E-state index is -4.67. The van der Waals surface area contributed by atoms with Gasteiger partial charge in [-0.1, -0.05) is 109 Å². The van der Waals surface area contributed by atoms with E-state index >= 15 is 0 Å². The number of thioether (sulfide) groups is 2. The second-order valence-corrected chi connectivity index (χ2v) is 21.9. The lowest BCUT2D eigenvalue weighted by Crippen LogP contribution is -2.03. The number of benzene rings is 4. The Bertz CT molecular complexity index is 3090. The molecule has 0 radical (unpaired) electrons. The molecule has 1 aromatic heterocycles. The molecule has 0 bridgehead atoms. The first-order chi connectivity index (χ1) is 30.5. The third-order valence-corrected chi connectivity index (χ3v) is 16.2. The molecule has 0 unspecified atom stereocenters. The van der Waals surface area contributed by atoms with Crippen LogP contribution in [0.1, 0.15) is 42.4 Å². The van der Waals surface area contributed by atoms with Crippen molar-refractivity contribution in [3.8, 4) is 20.9 Å². The van der Waals surface area contributed by atoms with E-state index in [1.165, 1.54) is 66.0 Å². The molecule has 0 saturated heterocycles. The molecule has 0 spiro atoms. The van der Waals surface area contributed by atoms with Crippen LogP contribution >= 0.6 is 34.9 Å². The average Bonchev–Trinajstić information content (AvgIpc) is 3.27. The van der Waals surface area contributed by atoms with Gasteiger partial charge in [0.05, 0.1) is 17.5 Å². The maximum atomic E-state index is 12.5. The highest BCUT2D eigenvalue weighted by Crippen LogP contribution is 2.46. The highest BCUT2D eigenvalue weighted by atomic mass is 32.2. The Labute approximate surface area is 384 Å². The van der Waals surface area contributed by atoms with Crippen molar-refractivity contribution in [3.63, 3.8) is 0 Å². The number of carboxylic acids is 1. The Morgan fingerprint density at radius 1 is 0.641 bits per heavy atom. The van der Waals surface area contributed by atoms with Gasteiger partial charge >= 0.3 is 5.97 Å². The summed E-state index contributed by atoms with van der Waals surface area (Å²) in [6, 6.07) is 31.1. The number of aliphatic carboxylic acids is 1. The van der Waals surface area contributed by atoms with Crippen LogP contribution < -0.4 is 0 Å². The standard InChI is InChI=1S/C47H38O11S6/c48-46(49)25-26-59-47-34(23-21-31-27-39(33-11-2-1-3-12-33)60-40(28-31)36-15-4-7-18-43(36)62(50,51)52)13-10-14-35(47)24-22-32-29-41(37-16-5-8-19-44(37)63(53,54)55)61-42(30-32)38-17-6-9-20-45(38)64(56,57)58/h1-9,11-12,15-24,27-30H,10,13-14,25-26H2,(H3-,48,49,50,51,52,53,54,55,56,57,58)/p+1. The molecule has 1 aliphatic heterocycles. The van der Waals surface area contributed by atoms with Crippen molar-refractivity contribution in [3.05, 3.63) is 184 Å². The van der Waals surface area contributed by atoms with Gasteiger partial charge in [-0.3, -0.25) is 18.5 Å². The molecule has 5 aromatic rings.